The Kier molecular flexibility index (Phi) is 4.69. The quantitative estimate of drug-likeness (QED) is 0.850. The largest absolute Gasteiger partial charge is 0.371 e. The van der Waals surface area contributed by atoms with Gasteiger partial charge in [0.2, 0.25) is 5.91 Å². The minimum Gasteiger partial charge on any atom is -0.371 e. The molecule has 2 heterocycles. The van der Waals surface area contributed by atoms with Gasteiger partial charge in [-0.3, -0.25) is 4.79 Å². The Hall–Kier alpha value is -1.46. The van der Waals surface area contributed by atoms with Crippen molar-refractivity contribution in [2.24, 2.45) is 5.92 Å². The molecule has 1 spiro atoms. The second-order valence-electron chi connectivity index (χ2n) is 7.18. The third-order valence-electron chi connectivity index (χ3n) is 4.87. The van der Waals surface area contributed by atoms with Crippen molar-refractivity contribution in [2.75, 3.05) is 40.3 Å². The first-order chi connectivity index (χ1) is 11.0. The molecule has 1 aromatic rings. The molecule has 1 amide bonds. The summed E-state index contributed by atoms with van der Waals surface area (Å²) in [5.41, 5.74) is 0.322. The number of carbonyl (C=O) groups is 1. The summed E-state index contributed by atoms with van der Waals surface area (Å²) in [5.74, 6) is 0.259. The molecule has 0 radical (unpaired) electrons. The van der Waals surface area contributed by atoms with E-state index >= 15 is 0 Å². The molecule has 2 aliphatic heterocycles. The predicted octanol–water partition coefficient (Wildman–Crippen LogP) is 1.94. The normalized spacial score (nSPS) is 23.1. The molecule has 0 aromatic heterocycles. The van der Waals surface area contributed by atoms with E-state index in [4.69, 9.17) is 4.74 Å². The summed E-state index contributed by atoms with van der Waals surface area (Å²) in [6.07, 6.45) is 2.29. The molecule has 0 N–H and O–H groups in total. The number of hydrogen-bond donors (Lipinski definition) is 0. The first-order valence-electron chi connectivity index (χ1n) is 8.27. The van der Waals surface area contributed by atoms with Crippen molar-refractivity contribution in [2.45, 2.75) is 24.9 Å². The highest BCUT2D eigenvalue weighted by atomic mass is 19.1. The molecule has 2 saturated heterocycles. The van der Waals surface area contributed by atoms with E-state index in [0.717, 1.165) is 26.0 Å². The fourth-order valence-electron chi connectivity index (χ4n) is 3.57. The molecular weight excluding hydrogens is 295 g/mol. The van der Waals surface area contributed by atoms with Crippen LogP contribution in [-0.4, -0.2) is 61.6 Å². The van der Waals surface area contributed by atoms with Gasteiger partial charge in [0.1, 0.15) is 11.4 Å². The van der Waals surface area contributed by atoms with Crippen molar-refractivity contribution in [1.29, 1.82) is 0 Å². The number of amides is 1. The number of halogens is 1. The van der Waals surface area contributed by atoms with Gasteiger partial charge in [-0.1, -0.05) is 18.2 Å². The van der Waals surface area contributed by atoms with Crippen molar-refractivity contribution >= 4 is 5.91 Å². The molecule has 1 atom stereocenters. The second kappa shape index (κ2) is 6.57. The van der Waals surface area contributed by atoms with Crippen molar-refractivity contribution in [3.8, 4) is 0 Å². The summed E-state index contributed by atoms with van der Waals surface area (Å²) >= 11 is 0. The van der Waals surface area contributed by atoms with Gasteiger partial charge in [-0.25, -0.2) is 4.39 Å². The lowest BCUT2D eigenvalue weighted by Gasteiger charge is -2.53. The minimum atomic E-state index is -0.309. The van der Waals surface area contributed by atoms with Gasteiger partial charge in [0.05, 0.1) is 26.1 Å². The molecule has 4 nitrogen and oxygen atoms in total. The van der Waals surface area contributed by atoms with Crippen LogP contribution < -0.4 is 0 Å². The zero-order valence-corrected chi connectivity index (χ0v) is 13.9. The van der Waals surface area contributed by atoms with E-state index < -0.39 is 0 Å². The van der Waals surface area contributed by atoms with Gasteiger partial charge in [-0.15, -0.1) is 0 Å². The van der Waals surface area contributed by atoms with Crippen LogP contribution in [0.4, 0.5) is 4.39 Å². The third kappa shape index (κ3) is 3.72. The second-order valence-corrected chi connectivity index (χ2v) is 7.18. The summed E-state index contributed by atoms with van der Waals surface area (Å²) in [5, 5.41) is 0. The maximum atomic E-state index is 13.6. The number of likely N-dealkylation sites (tertiary alicyclic amines) is 1. The maximum Gasteiger partial charge on any atom is 0.227 e. The Morgan fingerprint density at radius 3 is 2.74 bits per heavy atom. The zero-order chi connectivity index (χ0) is 16.4. The zero-order valence-electron chi connectivity index (χ0n) is 13.9. The molecule has 2 fully saturated rings. The maximum absolute atomic E-state index is 13.6. The molecule has 3 rings (SSSR count). The van der Waals surface area contributed by atoms with Crippen LogP contribution in [0.2, 0.25) is 0 Å². The summed E-state index contributed by atoms with van der Waals surface area (Å²) in [6, 6.07) is 6.47. The van der Waals surface area contributed by atoms with Crippen molar-refractivity contribution in [3.05, 3.63) is 35.6 Å². The van der Waals surface area contributed by atoms with E-state index in [1.165, 1.54) is 6.07 Å². The molecule has 5 heteroatoms. The molecular formula is C18H25FN2O2. The van der Waals surface area contributed by atoms with Crippen molar-refractivity contribution < 1.29 is 13.9 Å². The molecule has 0 unspecified atom stereocenters. The lowest BCUT2D eigenvalue weighted by atomic mass is 9.82. The van der Waals surface area contributed by atoms with Gasteiger partial charge in [0, 0.05) is 6.54 Å². The van der Waals surface area contributed by atoms with E-state index in [2.05, 4.69) is 19.0 Å². The standard InChI is InChI=1S/C18H25FN2O2/c1-20(2)10-14-7-8-18(23-11-14)12-21(13-18)17(22)9-15-5-3-4-6-16(15)19/h3-6,14H,7-13H2,1-2H3/t14-/m0/s1. The molecule has 0 bridgehead atoms. The highest BCUT2D eigenvalue weighted by molar-refractivity contribution is 5.80. The van der Waals surface area contributed by atoms with Crippen LogP contribution in [0.25, 0.3) is 0 Å². The molecule has 0 saturated carbocycles. The number of nitrogens with zero attached hydrogens (tertiary/aromatic N) is 2. The fraction of sp³-hybridized carbons (Fsp3) is 0.611. The van der Waals surface area contributed by atoms with Gasteiger partial charge in [-0.2, -0.15) is 0 Å². The third-order valence-corrected chi connectivity index (χ3v) is 4.87. The van der Waals surface area contributed by atoms with Gasteiger partial charge >= 0.3 is 0 Å². The lowest BCUT2D eigenvalue weighted by Crippen LogP contribution is -2.66. The van der Waals surface area contributed by atoms with Crippen molar-refractivity contribution in [1.82, 2.24) is 9.80 Å². The van der Waals surface area contributed by atoms with Crippen LogP contribution in [-0.2, 0) is 16.0 Å². The number of hydrogen-bond acceptors (Lipinski definition) is 3. The lowest BCUT2D eigenvalue weighted by molar-refractivity contribution is -0.189. The molecule has 126 valence electrons. The summed E-state index contributed by atoms with van der Waals surface area (Å²) in [4.78, 5) is 16.3. The Morgan fingerprint density at radius 1 is 1.39 bits per heavy atom. The van der Waals surface area contributed by atoms with E-state index in [0.29, 0.717) is 24.6 Å². The van der Waals surface area contributed by atoms with Crippen LogP contribution in [0.15, 0.2) is 24.3 Å². The smallest absolute Gasteiger partial charge is 0.227 e. The first kappa shape index (κ1) is 16.4. The first-order valence-corrected chi connectivity index (χ1v) is 8.27. The van der Waals surface area contributed by atoms with E-state index in [1.54, 1.807) is 23.1 Å². The van der Waals surface area contributed by atoms with Gasteiger partial charge < -0.3 is 14.5 Å². The van der Waals surface area contributed by atoms with E-state index in [-0.39, 0.29) is 23.7 Å². The topological polar surface area (TPSA) is 32.8 Å². The summed E-state index contributed by atoms with van der Waals surface area (Å²) in [6.45, 7) is 3.11. The van der Waals surface area contributed by atoms with Gasteiger partial charge in [0.25, 0.3) is 0 Å². The molecule has 2 aliphatic rings. The average molecular weight is 320 g/mol. The summed E-state index contributed by atoms with van der Waals surface area (Å²) < 4.78 is 19.7. The van der Waals surface area contributed by atoms with Crippen LogP contribution in [0.1, 0.15) is 18.4 Å². The van der Waals surface area contributed by atoms with Crippen molar-refractivity contribution in [3.63, 3.8) is 0 Å². The predicted molar refractivity (Wildman–Crippen MR) is 86.6 cm³/mol. The molecule has 23 heavy (non-hydrogen) atoms. The number of carbonyl (C=O) groups excluding carboxylic acids is 1. The minimum absolute atomic E-state index is 0.0141. The highest BCUT2D eigenvalue weighted by Gasteiger charge is 2.48. The Morgan fingerprint density at radius 2 is 2.13 bits per heavy atom. The Bertz CT molecular complexity index is 560. The average Bonchev–Trinajstić information content (AvgIpc) is 2.47. The van der Waals surface area contributed by atoms with Crippen LogP contribution in [0, 0.1) is 11.7 Å². The number of rotatable bonds is 4. The summed E-state index contributed by atoms with van der Waals surface area (Å²) in [7, 11) is 4.16. The Labute approximate surface area is 137 Å². The van der Waals surface area contributed by atoms with Gasteiger partial charge in [0.15, 0.2) is 0 Å². The van der Waals surface area contributed by atoms with Crippen LogP contribution >= 0.6 is 0 Å². The molecule has 0 aliphatic carbocycles. The Balaban J connectivity index is 1.48. The number of ether oxygens (including phenoxy) is 1. The van der Waals surface area contributed by atoms with Crippen LogP contribution in [0.5, 0.6) is 0 Å². The fourth-order valence-corrected chi connectivity index (χ4v) is 3.57. The van der Waals surface area contributed by atoms with E-state index in [1.807, 2.05) is 0 Å². The van der Waals surface area contributed by atoms with Crippen LogP contribution in [0.3, 0.4) is 0 Å². The SMILES string of the molecule is CN(C)C[C@@H]1CCC2(CN(C(=O)Cc3ccccc3F)C2)OC1. The molecule has 1 aromatic carbocycles. The van der Waals surface area contributed by atoms with Gasteiger partial charge in [-0.05, 0) is 44.5 Å². The highest BCUT2D eigenvalue weighted by Crippen LogP contribution is 2.36. The monoisotopic (exact) mass is 320 g/mol. The van der Waals surface area contributed by atoms with E-state index in [9.17, 15) is 9.18 Å². The number of benzene rings is 1.